The number of amides is 1. The Morgan fingerprint density at radius 1 is 1.56 bits per heavy atom. The van der Waals surface area contributed by atoms with Gasteiger partial charge in [-0.25, -0.2) is 0 Å². The summed E-state index contributed by atoms with van der Waals surface area (Å²) < 4.78 is 5.46. The molecule has 1 aromatic carbocycles. The van der Waals surface area contributed by atoms with Gasteiger partial charge in [-0.15, -0.1) is 12.4 Å². The van der Waals surface area contributed by atoms with E-state index >= 15 is 0 Å². The largest absolute Gasteiger partial charge is 0.375 e. The molecule has 4 nitrogen and oxygen atoms in total. The minimum absolute atomic E-state index is 0. The molecule has 0 spiro atoms. The lowest BCUT2D eigenvalue weighted by Gasteiger charge is -2.23. The minimum atomic E-state index is -0.0547. The highest BCUT2D eigenvalue weighted by Crippen LogP contribution is 2.15. The standard InChI is InChI=1S/C12H15ClN2O2.ClH/c13-9-2-1-3-10(6-9)15-12(16)7-11-8-14-4-5-17-11;/h1-3,6,11,14H,4-5,7-8H2,(H,15,16);1H. The number of nitrogens with one attached hydrogen (secondary N) is 2. The first-order valence-corrected chi connectivity index (χ1v) is 5.99. The summed E-state index contributed by atoms with van der Waals surface area (Å²) in [7, 11) is 0. The first-order chi connectivity index (χ1) is 8.24. The molecular formula is C12H16Cl2N2O2. The van der Waals surface area contributed by atoms with Gasteiger partial charge in [0.05, 0.1) is 19.1 Å². The molecule has 2 N–H and O–H groups in total. The molecule has 6 heteroatoms. The molecule has 1 aliphatic heterocycles. The molecule has 1 saturated heterocycles. The molecule has 1 fully saturated rings. The molecule has 1 amide bonds. The number of morpholine rings is 1. The summed E-state index contributed by atoms with van der Waals surface area (Å²) in [5, 5.41) is 6.60. The monoisotopic (exact) mass is 290 g/mol. The number of anilines is 1. The van der Waals surface area contributed by atoms with Crippen molar-refractivity contribution < 1.29 is 9.53 Å². The van der Waals surface area contributed by atoms with Crippen molar-refractivity contribution in [2.24, 2.45) is 0 Å². The Morgan fingerprint density at radius 3 is 3.06 bits per heavy atom. The maximum absolute atomic E-state index is 11.7. The fourth-order valence-corrected chi connectivity index (χ4v) is 1.93. The van der Waals surface area contributed by atoms with Gasteiger partial charge in [0.15, 0.2) is 0 Å². The summed E-state index contributed by atoms with van der Waals surface area (Å²) in [6, 6.07) is 7.10. The third kappa shape index (κ3) is 4.82. The van der Waals surface area contributed by atoms with Crippen LogP contribution in [-0.4, -0.2) is 31.7 Å². The van der Waals surface area contributed by atoms with E-state index < -0.39 is 0 Å². The molecule has 0 saturated carbocycles. The van der Waals surface area contributed by atoms with E-state index in [9.17, 15) is 4.79 Å². The van der Waals surface area contributed by atoms with Crippen LogP contribution in [0.5, 0.6) is 0 Å². The predicted molar refractivity (Wildman–Crippen MR) is 74.6 cm³/mol. The Labute approximate surface area is 117 Å². The molecule has 1 atom stereocenters. The van der Waals surface area contributed by atoms with Gasteiger partial charge in [-0.1, -0.05) is 17.7 Å². The van der Waals surface area contributed by atoms with Gasteiger partial charge in [0, 0.05) is 23.8 Å². The van der Waals surface area contributed by atoms with Gasteiger partial charge >= 0.3 is 0 Å². The molecule has 0 aliphatic carbocycles. The molecule has 0 aromatic heterocycles. The highest BCUT2D eigenvalue weighted by Gasteiger charge is 2.17. The molecule has 18 heavy (non-hydrogen) atoms. The number of hydrogen-bond acceptors (Lipinski definition) is 3. The van der Waals surface area contributed by atoms with Crippen LogP contribution in [0.1, 0.15) is 6.42 Å². The fourth-order valence-electron chi connectivity index (χ4n) is 1.74. The summed E-state index contributed by atoms with van der Waals surface area (Å²) in [6.07, 6.45) is 0.322. The Kier molecular flexibility index (Phi) is 6.43. The Morgan fingerprint density at radius 2 is 2.39 bits per heavy atom. The van der Waals surface area contributed by atoms with E-state index in [0.717, 1.165) is 13.1 Å². The van der Waals surface area contributed by atoms with Crippen LogP contribution >= 0.6 is 24.0 Å². The second-order valence-electron chi connectivity index (χ2n) is 3.96. The molecule has 0 radical (unpaired) electrons. The highest BCUT2D eigenvalue weighted by molar-refractivity contribution is 6.30. The van der Waals surface area contributed by atoms with E-state index in [4.69, 9.17) is 16.3 Å². The zero-order valence-corrected chi connectivity index (χ0v) is 11.4. The second-order valence-corrected chi connectivity index (χ2v) is 4.40. The van der Waals surface area contributed by atoms with Crippen molar-refractivity contribution in [3.63, 3.8) is 0 Å². The SMILES string of the molecule is Cl.O=C(CC1CNCCO1)Nc1cccc(Cl)c1. The second kappa shape index (κ2) is 7.59. The molecule has 1 heterocycles. The van der Waals surface area contributed by atoms with Crippen LogP contribution in [-0.2, 0) is 9.53 Å². The summed E-state index contributed by atoms with van der Waals surface area (Å²) in [5.41, 5.74) is 0.714. The van der Waals surface area contributed by atoms with E-state index in [0.29, 0.717) is 23.7 Å². The Hall–Kier alpha value is -0.810. The summed E-state index contributed by atoms with van der Waals surface area (Å²) in [4.78, 5) is 11.7. The lowest BCUT2D eigenvalue weighted by Crippen LogP contribution is -2.40. The number of hydrogen-bond donors (Lipinski definition) is 2. The third-order valence-electron chi connectivity index (χ3n) is 2.53. The van der Waals surface area contributed by atoms with E-state index in [-0.39, 0.29) is 24.4 Å². The quantitative estimate of drug-likeness (QED) is 0.896. The van der Waals surface area contributed by atoms with Crippen LogP contribution < -0.4 is 10.6 Å². The maximum atomic E-state index is 11.7. The van der Waals surface area contributed by atoms with Crippen LogP contribution in [0, 0.1) is 0 Å². The Bertz CT molecular complexity index is 395. The van der Waals surface area contributed by atoms with Gasteiger partial charge in [0.1, 0.15) is 0 Å². The zero-order valence-electron chi connectivity index (χ0n) is 9.82. The molecular weight excluding hydrogens is 275 g/mol. The normalized spacial score (nSPS) is 18.8. The number of rotatable bonds is 3. The van der Waals surface area contributed by atoms with Crippen molar-refractivity contribution in [1.82, 2.24) is 5.32 Å². The zero-order chi connectivity index (χ0) is 12.1. The van der Waals surface area contributed by atoms with Crippen LogP contribution in [0.25, 0.3) is 0 Å². The first-order valence-electron chi connectivity index (χ1n) is 5.62. The lowest BCUT2D eigenvalue weighted by molar-refractivity contribution is -0.119. The van der Waals surface area contributed by atoms with Crippen molar-refractivity contribution in [2.75, 3.05) is 25.0 Å². The Balaban J connectivity index is 0.00000162. The van der Waals surface area contributed by atoms with E-state index in [1.54, 1.807) is 18.2 Å². The predicted octanol–water partition coefficient (Wildman–Crippen LogP) is 2.08. The topological polar surface area (TPSA) is 50.4 Å². The molecule has 1 aromatic rings. The van der Waals surface area contributed by atoms with Crippen LogP contribution in [0.15, 0.2) is 24.3 Å². The fraction of sp³-hybridized carbons (Fsp3) is 0.417. The highest BCUT2D eigenvalue weighted by atomic mass is 35.5. The van der Waals surface area contributed by atoms with Gasteiger partial charge < -0.3 is 15.4 Å². The number of halogens is 2. The van der Waals surface area contributed by atoms with Crippen molar-refractivity contribution >= 4 is 35.6 Å². The number of ether oxygens (including phenoxy) is 1. The summed E-state index contributed by atoms with van der Waals surface area (Å²) in [6.45, 7) is 2.24. The van der Waals surface area contributed by atoms with Gasteiger partial charge in [0.2, 0.25) is 5.91 Å². The van der Waals surface area contributed by atoms with Crippen LogP contribution in [0.4, 0.5) is 5.69 Å². The van der Waals surface area contributed by atoms with Crippen LogP contribution in [0.2, 0.25) is 5.02 Å². The van der Waals surface area contributed by atoms with Crippen molar-refractivity contribution in [3.8, 4) is 0 Å². The van der Waals surface area contributed by atoms with Gasteiger partial charge in [-0.3, -0.25) is 4.79 Å². The lowest BCUT2D eigenvalue weighted by atomic mass is 10.2. The third-order valence-corrected chi connectivity index (χ3v) is 2.76. The van der Waals surface area contributed by atoms with E-state index in [1.807, 2.05) is 6.07 Å². The van der Waals surface area contributed by atoms with Crippen LogP contribution in [0.3, 0.4) is 0 Å². The van der Waals surface area contributed by atoms with Crippen molar-refractivity contribution in [2.45, 2.75) is 12.5 Å². The average Bonchev–Trinajstić information content (AvgIpc) is 2.30. The van der Waals surface area contributed by atoms with Gasteiger partial charge in [-0.2, -0.15) is 0 Å². The van der Waals surface area contributed by atoms with Crippen molar-refractivity contribution in [3.05, 3.63) is 29.3 Å². The van der Waals surface area contributed by atoms with Crippen molar-refractivity contribution in [1.29, 1.82) is 0 Å². The van der Waals surface area contributed by atoms with Gasteiger partial charge in [-0.05, 0) is 18.2 Å². The number of carbonyl (C=O) groups excluding carboxylic acids is 1. The van der Waals surface area contributed by atoms with E-state index in [1.165, 1.54) is 0 Å². The number of benzene rings is 1. The smallest absolute Gasteiger partial charge is 0.227 e. The van der Waals surface area contributed by atoms with E-state index in [2.05, 4.69) is 10.6 Å². The molecule has 1 aliphatic rings. The average molecular weight is 291 g/mol. The number of carbonyl (C=O) groups is 1. The minimum Gasteiger partial charge on any atom is -0.375 e. The summed E-state index contributed by atoms with van der Waals surface area (Å²) in [5.74, 6) is -0.0547. The summed E-state index contributed by atoms with van der Waals surface area (Å²) >= 11 is 5.83. The first kappa shape index (κ1) is 15.2. The molecule has 2 rings (SSSR count). The molecule has 100 valence electrons. The van der Waals surface area contributed by atoms with Gasteiger partial charge in [0.25, 0.3) is 0 Å². The molecule has 0 bridgehead atoms. The molecule has 1 unspecified atom stereocenters. The maximum Gasteiger partial charge on any atom is 0.227 e.